The molecule has 78 valence electrons. The average Bonchev–Trinajstić information content (AvgIpc) is 2.12. The van der Waals surface area contributed by atoms with Gasteiger partial charge in [-0.3, -0.25) is 0 Å². The van der Waals surface area contributed by atoms with Crippen LogP contribution in [0.5, 0.6) is 11.5 Å². The Kier molecular flexibility index (Phi) is 3.71. The van der Waals surface area contributed by atoms with E-state index in [-0.39, 0.29) is 30.0 Å². The third-order valence-corrected chi connectivity index (χ3v) is 2.45. The van der Waals surface area contributed by atoms with Crippen LogP contribution in [0.15, 0.2) is 10.5 Å². The number of benzene rings is 1. The van der Waals surface area contributed by atoms with Gasteiger partial charge in [-0.2, -0.15) is 0 Å². The summed E-state index contributed by atoms with van der Waals surface area (Å²) < 4.78 is 18.6. The quantitative estimate of drug-likeness (QED) is 0.875. The molecule has 0 saturated carbocycles. The number of phenolic OH excluding ortho intramolecular Hbond substituents is 1. The average molecular weight is 264 g/mol. The lowest BCUT2D eigenvalue weighted by Crippen LogP contribution is -2.05. The van der Waals surface area contributed by atoms with Crippen LogP contribution in [0.4, 0.5) is 4.39 Å². The van der Waals surface area contributed by atoms with Gasteiger partial charge in [0.15, 0.2) is 11.5 Å². The molecule has 0 bridgehead atoms. The number of methoxy groups -OCH3 is 1. The molecule has 1 aromatic carbocycles. The molecule has 0 atom stereocenters. The number of hydrogen-bond donors (Lipinski definition) is 2. The molecule has 0 aliphatic heterocycles. The highest BCUT2D eigenvalue weighted by Gasteiger charge is 2.16. The molecule has 0 fully saturated rings. The van der Waals surface area contributed by atoms with Crippen LogP contribution in [0.3, 0.4) is 0 Å². The van der Waals surface area contributed by atoms with Crippen molar-refractivity contribution in [2.45, 2.75) is 6.42 Å². The van der Waals surface area contributed by atoms with Crippen molar-refractivity contribution in [3.8, 4) is 11.5 Å². The zero-order valence-electron chi connectivity index (χ0n) is 7.68. The molecule has 0 aliphatic carbocycles. The predicted octanol–water partition coefficient (Wildman–Crippen LogP) is 1.80. The fourth-order valence-corrected chi connectivity index (χ4v) is 1.75. The normalized spacial score (nSPS) is 10.3. The minimum Gasteiger partial charge on any atom is -0.504 e. The van der Waals surface area contributed by atoms with Gasteiger partial charge in [-0.05, 0) is 35.0 Å². The maximum atomic E-state index is 13.3. The first-order chi connectivity index (χ1) is 6.61. The molecular weight excluding hydrogens is 253 g/mol. The van der Waals surface area contributed by atoms with Gasteiger partial charge in [0, 0.05) is 5.56 Å². The van der Waals surface area contributed by atoms with E-state index in [4.69, 9.17) is 10.5 Å². The van der Waals surface area contributed by atoms with Crippen LogP contribution in [0.2, 0.25) is 0 Å². The highest BCUT2D eigenvalue weighted by atomic mass is 79.9. The molecule has 0 amide bonds. The largest absolute Gasteiger partial charge is 0.504 e. The Hall–Kier alpha value is -0.810. The highest BCUT2D eigenvalue weighted by molar-refractivity contribution is 9.10. The van der Waals surface area contributed by atoms with E-state index in [1.165, 1.54) is 13.2 Å². The third kappa shape index (κ3) is 1.99. The van der Waals surface area contributed by atoms with E-state index in [1.54, 1.807) is 0 Å². The number of nitrogens with two attached hydrogens (primary N) is 1. The minimum absolute atomic E-state index is 0.188. The van der Waals surface area contributed by atoms with Gasteiger partial charge in [0.25, 0.3) is 0 Å². The molecule has 3 N–H and O–H groups in total. The second-order valence-corrected chi connectivity index (χ2v) is 3.59. The minimum atomic E-state index is -0.486. The monoisotopic (exact) mass is 263 g/mol. The first-order valence-corrected chi connectivity index (χ1v) is 4.85. The Morgan fingerprint density at radius 2 is 2.29 bits per heavy atom. The molecule has 0 radical (unpaired) electrons. The number of ether oxygens (including phenoxy) is 1. The second-order valence-electron chi connectivity index (χ2n) is 2.74. The summed E-state index contributed by atoms with van der Waals surface area (Å²) in [5, 5.41) is 9.63. The number of hydrogen-bond acceptors (Lipinski definition) is 3. The van der Waals surface area contributed by atoms with Crippen molar-refractivity contribution in [1.82, 2.24) is 0 Å². The molecule has 5 heteroatoms. The van der Waals surface area contributed by atoms with E-state index in [9.17, 15) is 9.50 Å². The van der Waals surface area contributed by atoms with Gasteiger partial charge in [0.2, 0.25) is 0 Å². The topological polar surface area (TPSA) is 55.5 Å². The molecule has 0 aromatic heterocycles. The van der Waals surface area contributed by atoms with Crippen LogP contribution in [0.1, 0.15) is 5.56 Å². The van der Waals surface area contributed by atoms with Crippen LogP contribution in [0.25, 0.3) is 0 Å². The van der Waals surface area contributed by atoms with Crippen LogP contribution in [-0.4, -0.2) is 18.8 Å². The van der Waals surface area contributed by atoms with Gasteiger partial charge < -0.3 is 15.6 Å². The van der Waals surface area contributed by atoms with E-state index in [0.29, 0.717) is 4.47 Å². The van der Waals surface area contributed by atoms with E-state index in [0.717, 1.165) is 0 Å². The van der Waals surface area contributed by atoms with Crippen molar-refractivity contribution in [3.63, 3.8) is 0 Å². The fraction of sp³-hybridized carbons (Fsp3) is 0.333. The van der Waals surface area contributed by atoms with Crippen LogP contribution >= 0.6 is 15.9 Å². The molecule has 0 aliphatic rings. The first-order valence-electron chi connectivity index (χ1n) is 4.05. The van der Waals surface area contributed by atoms with Crippen molar-refractivity contribution in [3.05, 3.63) is 21.9 Å². The summed E-state index contributed by atoms with van der Waals surface area (Å²) in [6.07, 6.45) is 0.279. The smallest absolute Gasteiger partial charge is 0.175 e. The predicted molar refractivity (Wildman–Crippen MR) is 55.1 cm³/mol. The summed E-state index contributed by atoms with van der Waals surface area (Å²) in [4.78, 5) is 0. The van der Waals surface area contributed by atoms with E-state index in [2.05, 4.69) is 15.9 Å². The second kappa shape index (κ2) is 4.61. The van der Waals surface area contributed by atoms with Crippen LogP contribution in [0, 0.1) is 5.82 Å². The summed E-state index contributed by atoms with van der Waals surface area (Å²) in [6.45, 7) is 0.273. The maximum Gasteiger partial charge on any atom is 0.175 e. The van der Waals surface area contributed by atoms with Gasteiger partial charge in [-0.15, -0.1) is 0 Å². The standard InChI is InChI=1S/C9H11BrFNO2/c1-14-9-6(10)4-7(11)5(2-3-12)8(9)13/h4,13H,2-3,12H2,1H3. The fourth-order valence-electron chi connectivity index (χ4n) is 1.20. The Bertz CT molecular complexity index is 344. The summed E-state index contributed by atoms with van der Waals surface area (Å²) in [7, 11) is 1.41. The van der Waals surface area contributed by atoms with Crippen LogP contribution in [-0.2, 0) is 6.42 Å². The zero-order valence-corrected chi connectivity index (χ0v) is 9.27. The lowest BCUT2D eigenvalue weighted by Gasteiger charge is -2.11. The zero-order chi connectivity index (χ0) is 10.7. The Labute approximate surface area is 89.8 Å². The molecule has 0 spiro atoms. The van der Waals surface area contributed by atoms with E-state index >= 15 is 0 Å². The molecule has 1 rings (SSSR count). The molecule has 1 aromatic rings. The third-order valence-electron chi connectivity index (χ3n) is 1.86. The van der Waals surface area contributed by atoms with Gasteiger partial charge in [0.1, 0.15) is 5.82 Å². The van der Waals surface area contributed by atoms with Gasteiger partial charge in [-0.25, -0.2) is 4.39 Å². The summed E-state index contributed by atoms with van der Waals surface area (Å²) >= 11 is 3.09. The van der Waals surface area contributed by atoms with Crippen molar-refractivity contribution in [2.75, 3.05) is 13.7 Å². The van der Waals surface area contributed by atoms with E-state index in [1.807, 2.05) is 0 Å². The Balaban J connectivity index is 3.28. The lowest BCUT2D eigenvalue weighted by atomic mass is 10.1. The van der Waals surface area contributed by atoms with Crippen molar-refractivity contribution < 1.29 is 14.2 Å². The SMILES string of the molecule is COc1c(Br)cc(F)c(CCN)c1O. The first kappa shape index (κ1) is 11.3. The molecule has 14 heavy (non-hydrogen) atoms. The summed E-state index contributed by atoms with van der Waals surface area (Å²) in [5.41, 5.74) is 5.49. The summed E-state index contributed by atoms with van der Waals surface area (Å²) in [6, 6.07) is 1.25. The molecular formula is C9H11BrFNO2. The summed E-state index contributed by atoms with van der Waals surface area (Å²) in [5.74, 6) is -0.444. The lowest BCUT2D eigenvalue weighted by molar-refractivity contribution is 0.364. The van der Waals surface area contributed by atoms with Crippen molar-refractivity contribution >= 4 is 15.9 Å². The van der Waals surface area contributed by atoms with Gasteiger partial charge in [-0.1, -0.05) is 0 Å². The maximum absolute atomic E-state index is 13.3. The Morgan fingerprint density at radius 1 is 1.64 bits per heavy atom. The molecule has 0 unspecified atom stereocenters. The number of rotatable bonds is 3. The van der Waals surface area contributed by atoms with Crippen molar-refractivity contribution in [2.24, 2.45) is 5.73 Å². The van der Waals surface area contributed by atoms with E-state index < -0.39 is 5.82 Å². The van der Waals surface area contributed by atoms with Gasteiger partial charge in [0.05, 0.1) is 11.6 Å². The molecule has 0 saturated heterocycles. The Morgan fingerprint density at radius 3 is 2.79 bits per heavy atom. The highest BCUT2D eigenvalue weighted by Crippen LogP contribution is 2.38. The number of halogens is 2. The number of phenols is 1. The number of aromatic hydroxyl groups is 1. The van der Waals surface area contributed by atoms with Crippen LogP contribution < -0.4 is 10.5 Å². The van der Waals surface area contributed by atoms with Gasteiger partial charge >= 0.3 is 0 Å². The molecule has 0 heterocycles. The van der Waals surface area contributed by atoms with Crippen molar-refractivity contribution in [1.29, 1.82) is 0 Å². The molecule has 3 nitrogen and oxygen atoms in total.